The van der Waals surface area contributed by atoms with Gasteiger partial charge < -0.3 is 34.6 Å². The quantitative estimate of drug-likeness (QED) is 0.130. The largest absolute Gasteiger partial charge is 0.472 e. The van der Waals surface area contributed by atoms with Crippen LogP contribution in [0.15, 0.2) is 30.9 Å². The van der Waals surface area contributed by atoms with Crippen LogP contribution < -0.4 is 5.73 Å². The van der Waals surface area contributed by atoms with Crippen LogP contribution in [0.2, 0.25) is 0 Å². The van der Waals surface area contributed by atoms with Gasteiger partial charge in [-0.05, 0) is 17.9 Å². The number of nitro benzene ring substituents is 1. The Balaban J connectivity index is 1.16. The van der Waals surface area contributed by atoms with Gasteiger partial charge >= 0.3 is 14.5 Å². The van der Waals surface area contributed by atoms with E-state index in [1.807, 2.05) is 0 Å². The fourth-order valence-corrected chi connectivity index (χ4v) is 8.20. The first-order chi connectivity index (χ1) is 21.8. The van der Waals surface area contributed by atoms with Crippen molar-refractivity contribution in [1.29, 1.82) is 0 Å². The van der Waals surface area contributed by atoms with Gasteiger partial charge in [-0.25, -0.2) is 24.2 Å². The summed E-state index contributed by atoms with van der Waals surface area (Å²) in [4.78, 5) is 45.0. The number of aliphatic hydroxyl groups is 1. The van der Waals surface area contributed by atoms with Gasteiger partial charge in [0.1, 0.15) is 48.6 Å². The molecule has 4 aromatic rings. The number of hydrogen-bond donors (Lipinski definition) is 4. The number of rotatable bonds is 3. The fourth-order valence-electron chi connectivity index (χ4n) is 5.73. The number of benzene rings is 1. The van der Waals surface area contributed by atoms with Crippen LogP contribution in [-0.2, 0) is 43.9 Å². The van der Waals surface area contributed by atoms with Crippen molar-refractivity contribution < 1.29 is 52.0 Å². The maximum absolute atomic E-state index is 13.2. The Hall–Kier alpha value is -3.11. The molecule has 3 aromatic heterocycles. The zero-order valence-corrected chi connectivity index (χ0v) is 26.0. The summed E-state index contributed by atoms with van der Waals surface area (Å²) in [6.45, 7) is -3.63. The van der Waals surface area contributed by atoms with Crippen LogP contribution in [0.3, 0.4) is 0 Å². The van der Waals surface area contributed by atoms with Crippen LogP contribution in [-0.4, -0.2) is 98.1 Å². The van der Waals surface area contributed by atoms with Crippen LogP contribution in [0.5, 0.6) is 0 Å². The number of nitrogens with two attached hydrogens (primary N) is 1. The van der Waals surface area contributed by atoms with E-state index in [1.54, 1.807) is 11.5 Å². The van der Waals surface area contributed by atoms with Gasteiger partial charge in [-0.2, -0.15) is 0 Å². The Morgan fingerprint density at radius 3 is 2.59 bits per heavy atom. The van der Waals surface area contributed by atoms with Crippen molar-refractivity contribution in [3.05, 3.63) is 41.0 Å². The summed E-state index contributed by atoms with van der Waals surface area (Å²) in [5.41, 5.74) is 6.30. The molecule has 46 heavy (non-hydrogen) atoms. The molecule has 24 heteroatoms. The molecule has 0 amide bonds. The molecule has 0 aliphatic carbocycles. The van der Waals surface area contributed by atoms with E-state index in [-0.39, 0.29) is 22.5 Å². The second-order valence-corrected chi connectivity index (χ2v) is 14.9. The van der Waals surface area contributed by atoms with Crippen molar-refractivity contribution in [2.24, 2.45) is 5.92 Å². The number of imidazole rings is 1. The highest BCUT2D eigenvalue weighted by Crippen LogP contribution is 2.54. The topological polar surface area (TPSA) is 277 Å². The lowest BCUT2D eigenvalue weighted by atomic mass is 10.0. The van der Waals surface area contributed by atoms with Crippen LogP contribution in [0, 0.1) is 16.0 Å². The number of anilines is 1. The molecule has 6 heterocycles. The average molecular weight is 702 g/mol. The molecule has 3 fully saturated rings. The summed E-state index contributed by atoms with van der Waals surface area (Å²) in [7, 11) is -4.86. The van der Waals surface area contributed by atoms with E-state index >= 15 is 0 Å². The number of hydrogen-bond acceptors (Lipinski definition) is 17. The monoisotopic (exact) mass is 701 g/mol. The lowest BCUT2D eigenvalue weighted by Crippen LogP contribution is -2.38. The molecule has 246 valence electrons. The molecule has 0 bridgehead atoms. The van der Waals surface area contributed by atoms with Crippen molar-refractivity contribution in [1.82, 2.24) is 34.5 Å². The first kappa shape index (κ1) is 31.5. The molecule has 1 aromatic carbocycles. The Morgan fingerprint density at radius 1 is 1.07 bits per heavy atom. The summed E-state index contributed by atoms with van der Waals surface area (Å²) < 4.78 is 50.1. The predicted octanol–water partition coefficient (Wildman–Crippen LogP) is 0.688. The minimum absolute atomic E-state index is 0.0752. The molecule has 3 aliphatic heterocycles. The summed E-state index contributed by atoms with van der Waals surface area (Å²) in [5.74, 6) is -0.500. The Kier molecular flexibility index (Phi) is 7.90. The van der Waals surface area contributed by atoms with Crippen molar-refractivity contribution in [2.45, 2.75) is 49.9 Å². The summed E-state index contributed by atoms with van der Waals surface area (Å²) >= 11 is 5.24. The molecule has 7 rings (SSSR count). The molecule has 0 spiro atoms. The van der Waals surface area contributed by atoms with E-state index in [0.717, 1.165) is 4.68 Å². The second-order valence-electron chi connectivity index (χ2n) is 10.7. The summed E-state index contributed by atoms with van der Waals surface area (Å²) in [6, 6.07) is 4.10. The van der Waals surface area contributed by atoms with Crippen molar-refractivity contribution in [3.8, 4) is 0 Å². The average Bonchev–Trinajstić information content (AvgIpc) is 3.76. The van der Waals surface area contributed by atoms with Gasteiger partial charge in [-0.1, -0.05) is 18.2 Å². The molecule has 3 aliphatic rings. The van der Waals surface area contributed by atoms with Gasteiger partial charge in [0.25, 0.3) is 5.69 Å². The number of nitrogen functional groups attached to an aromatic ring is 1. The number of nitrogens with zero attached hydrogens (tertiary/aromatic N) is 8. The zero-order chi connectivity index (χ0) is 32.5. The summed E-state index contributed by atoms with van der Waals surface area (Å²) in [6.07, 6.45) is -6.23. The second kappa shape index (κ2) is 11.5. The van der Waals surface area contributed by atoms with Crippen LogP contribution in [0.25, 0.3) is 22.2 Å². The number of nitro groups is 1. The van der Waals surface area contributed by atoms with Gasteiger partial charge in [0.15, 0.2) is 23.2 Å². The number of non-ortho nitro benzene ring substituents is 1. The zero-order valence-electron chi connectivity index (χ0n) is 23.4. The van der Waals surface area contributed by atoms with E-state index < -0.39 is 81.6 Å². The van der Waals surface area contributed by atoms with E-state index in [0.29, 0.717) is 11.2 Å². The third-order valence-electron chi connectivity index (χ3n) is 7.85. The number of fused-ring (bicyclic) bond motifs is 4. The highest BCUT2D eigenvalue weighted by atomic mass is 32.5. The van der Waals surface area contributed by atoms with Gasteiger partial charge in [0.05, 0.1) is 30.0 Å². The highest BCUT2D eigenvalue weighted by Gasteiger charge is 2.52. The van der Waals surface area contributed by atoms with E-state index in [2.05, 4.69) is 25.3 Å². The number of aliphatic hydroxyl groups excluding tert-OH is 1. The molecule has 3 saturated heterocycles. The van der Waals surface area contributed by atoms with Gasteiger partial charge in [0.2, 0.25) is 0 Å². The first-order valence-electron chi connectivity index (χ1n) is 13.6. The van der Waals surface area contributed by atoms with Crippen molar-refractivity contribution in [3.63, 3.8) is 0 Å². The van der Waals surface area contributed by atoms with Gasteiger partial charge in [-0.3, -0.25) is 28.3 Å². The molecule has 5 N–H and O–H groups in total. The van der Waals surface area contributed by atoms with Crippen LogP contribution in [0.4, 0.5) is 11.5 Å². The molecule has 0 radical (unpaired) electrons. The molecule has 0 saturated carbocycles. The fraction of sp³-hybridized carbons (Fsp3) is 0.500. The number of ether oxygens (including phenoxy) is 2. The lowest BCUT2D eigenvalue weighted by Gasteiger charge is -2.29. The smallest absolute Gasteiger partial charge is 0.385 e. The van der Waals surface area contributed by atoms with Gasteiger partial charge in [0, 0.05) is 12.0 Å². The van der Waals surface area contributed by atoms with Crippen LogP contribution in [0.1, 0.15) is 19.4 Å². The predicted molar refractivity (Wildman–Crippen MR) is 155 cm³/mol. The Labute approximate surface area is 262 Å². The Morgan fingerprint density at radius 2 is 1.80 bits per heavy atom. The standard InChI is InChI=1S/C22H25N9O12P2S/c1-9-17-12(40-21(9)29-8-26-15-19(23)24-7-25-20(15)29)6-39-45(37,46)43-18-13(5-38-44(35,36)42-17)41-22(16(18)32)30-10-3-2-4-11(31(33)34)14(10)27-28-30/h2-4,7-9,12-13,16-18,21-22,32H,5-6H2,1H3,(H,35,36)(H,37,46)(H2,23,24,25)/t9-,12-,13-,16-,17?,18-,21-,22-,45?/m1/s1. The van der Waals surface area contributed by atoms with E-state index in [4.69, 9.17) is 45.1 Å². The SMILES string of the molecule is C[C@@H]1C2OP(=O)(O)OC[C@H]3O[C@@H](n4nnc5c([N+](=O)[O-])cccc54)[C@H](O)[C@@H]3OP(O)(=S)OC[C@H]2O[C@H]1n1cnc2c(N)ncnc21. The maximum atomic E-state index is 13.2. The van der Waals surface area contributed by atoms with Crippen molar-refractivity contribution in [2.75, 3.05) is 18.9 Å². The molecule has 10 atom stereocenters. The minimum Gasteiger partial charge on any atom is -0.385 e. The van der Waals surface area contributed by atoms with Crippen molar-refractivity contribution >= 4 is 60.1 Å². The third-order valence-corrected chi connectivity index (χ3v) is 10.4. The number of phosphoric acid groups is 1. The third kappa shape index (κ3) is 5.49. The van der Waals surface area contributed by atoms with E-state index in [1.165, 1.54) is 30.9 Å². The number of aromatic nitrogens is 7. The molecule has 3 unspecified atom stereocenters. The molecular weight excluding hydrogens is 676 g/mol. The normalized spacial score (nSPS) is 37.0. The molecule has 21 nitrogen and oxygen atoms in total. The highest BCUT2D eigenvalue weighted by molar-refractivity contribution is 8.07. The Bertz CT molecular complexity index is 1930. The first-order valence-corrected chi connectivity index (χ1v) is 17.6. The molecular formula is C22H25N9O12P2S. The minimum atomic E-state index is -4.86. The summed E-state index contributed by atoms with van der Waals surface area (Å²) in [5, 5.41) is 30.5. The lowest BCUT2D eigenvalue weighted by molar-refractivity contribution is -0.383. The maximum Gasteiger partial charge on any atom is 0.472 e. The number of phosphoric ester groups is 1. The van der Waals surface area contributed by atoms with Gasteiger partial charge in [-0.15, -0.1) is 5.10 Å². The van der Waals surface area contributed by atoms with Crippen LogP contribution >= 0.6 is 14.5 Å². The van der Waals surface area contributed by atoms with E-state index in [9.17, 15) is 29.6 Å².